The fourth-order valence-electron chi connectivity index (χ4n) is 0.391. The third-order valence-electron chi connectivity index (χ3n) is 0.763. The van der Waals surface area contributed by atoms with E-state index in [2.05, 4.69) is 10.1 Å². The van der Waals surface area contributed by atoms with Gasteiger partial charge in [0.25, 0.3) is 0 Å². The van der Waals surface area contributed by atoms with E-state index in [-0.39, 0.29) is 10.9 Å². The van der Waals surface area contributed by atoms with Crippen molar-refractivity contribution < 1.29 is 4.92 Å². The Hall–Kier alpha value is -1.37. The topological polar surface area (TPSA) is 92.2 Å². The SMILES string of the molecule is N=Nc1nc([N+](=O)[O-])cs1. The van der Waals surface area contributed by atoms with Crippen LogP contribution in [-0.2, 0) is 0 Å². The fraction of sp³-hybridized carbons (Fsp3) is 0. The summed E-state index contributed by atoms with van der Waals surface area (Å²) in [6.45, 7) is 0. The summed E-state index contributed by atoms with van der Waals surface area (Å²) in [5.74, 6) is -0.254. The molecule has 0 aliphatic carbocycles. The van der Waals surface area contributed by atoms with Crippen LogP contribution in [0.25, 0.3) is 0 Å². The van der Waals surface area contributed by atoms with Crippen LogP contribution in [0.2, 0.25) is 0 Å². The van der Waals surface area contributed by atoms with Crippen molar-refractivity contribution in [3.8, 4) is 0 Å². The summed E-state index contributed by atoms with van der Waals surface area (Å²) < 4.78 is 0. The van der Waals surface area contributed by atoms with Crippen LogP contribution in [0, 0.1) is 15.6 Å². The Morgan fingerprint density at radius 1 is 1.90 bits per heavy atom. The average Bonchev–Trinajstić information content (AvgIpc) is 2.34. The van der Waals surface area contributed by atoms with Gasteiger partial charge in [0, 0.05) is 0 Å². The molecule has 1 heterocycles. The molecule has 0 aliphatic heterocycles. The zero-order chi connectivity index (χ0) is 7.56. The second-order valence-electron chi connectivity index (χ2n) is 1.36. The normalized spacial score (nSPS) is 9.20. The molecule has 10 heavy (non-hydrogen) atoms. The van der Waals surface area contributed by atoms with Crippen LogP contribution in [0.15, 0.2) is 10.5 Å². The first-order valence-corrected chi connectivity index (χ1v) is 3.09. The van der Waals surface area contributed by atoms with Gasteiger partial charge in [-0.3, -0.25) is 0 Å². The first-order chi connectivity index (χ1) is 4.74. The summed E-state index contributed by atoms with van der Waals surface area (Å²) >= 11 is 0.971. The van der Waals surface area contributed by atoms with Gasteiger partial charge in [-0.15, -0.1) is 5.11 Å². The number of nitrogens with zero attached hydrogens (tertiary/aromatic N) is 3. The molecule has 0 radical (unpaired) electrons. The molecule has 1 rings (SSSR count). The molecular weight excluding hydrogens is 156 g/mol. The number of hydrogen-bond acceptors (Lipinski definition) is 6. The second kappa shape index (κ2) is 2.48. The molecule has 52 valence electrons. The Bertz CT molecular complexity index is 269. The minimum absolute atomic E-state index is 0.103. The lowest BCUT2D eigenvalue weighted by Gasteiger charge is -1.81. The Kier molecular flexibility index (Phi) is 1.67. The van der Waals surface area contributed by atoms with Crippen molar-refractivity contribution in [1.82, 2.24) is 4.98 Å². The summed E-state index contributed by atoms with van der Waals surface area (Å²) in [7, 11) is 0. The summed E-state index contributed by atoms with van der Waals surface area (Å²) in [6.07, 6.45) is 0. The van der Waals surface area contributed by atoms with Crippen molar-refractivity contribution in [2.75, 3.05) is 0 Å². The maximum atomic E-state index is 9.98. The number of thiazole rings is 1. The number of nitrogens with one attached hydrogen (secondary N) is 1. The first kappa shape index (κ1) is 6.75. The Labute approximate surface area is 59.2 Å². The Balaban J connectivity index is 2.98. The molecule has 1 aromatic rings. The van der Waals surface area contributed by atoms with Gasteiger partial charge in [0.15, 0.2) is 0 Å². The molecule has 0 saturated heterocycles. The molecule has 0 saturated carbocycles. The fourth-order valence-corrected chi connectivity index (χ4v) is 0.940. The van der Waals surface area contributed by atoms with E-state index in [1.54, 1.807) is 0 Å². The zero-order valence-corrected chi connectivity index (χ0v) is 5.46. The van der Waals surface area contributed by atoms with Crippen molar-refractivity contribution in [3.63, 3.8) is 0 Å². The third-order valence-corrected chi connectivity index (χ3v) is 1.48. The highest BCUT2D eigenvalue weighted by Crippen LogP contribution is 2.22. The van der Waals surface area contributed by atoms with E-state index in [4.69, 9.17) is 5.53 Å². The number of hydrogen-bond donors (Lipinski definition) is 1. The molecule has 0 fully saturated rings. The zero-order valence-electron chi connectivity index (χ0n) is 4.64. The monoisotopic (exact) mass is 158 g/mol. The second-order valence-corrected chi connectivity index (χ2v) is 2.19. The summed E-state index contributed by atoms with van der Waals surface area (Å²) in [5, 5.41) is 14.3. The predicted octanol–water partition coefficient (Wildman–Crippen LogP) is 1.71. The molecule has 0 bridgehead atoms. The third kappa shape index (κ3) is 1.13. The highest BCUT2D eigenvalue weighted by molar-refractivity contribution is 7.13. The molecule has 0 spiro atoms. The van der Waals surface area contributed by atoms with Gasteiger partial charge in [-0.05, 0) is 9.91 Å². The van der Waals surface area contributed by atoms with E-state index in [0.29, 0.717) is 0 Å². The molecule has 0 amide bonds. The lowest BCUT2D eigenvalue weighted by molar-refractivity contribution is -0.389. The summed E-state index contributed by atoms with van der Waals surface area (Å²) in [4.78, 5) is 12.8. The van der Waals surface area contributed by atoms with E-state index in [1.807, 2.05) is 0 Å². The van der Waals surface area contributed by atoms with Crippen LogP contribution < -0.4 is 0 Å². The molecule has 0 atom stereocenters. The van der Waals surface area contributed by atoms with Crippen LogP contribution in [0.3, 0.4) is 0 Å². The molecular formula is C3H2N4O2S. The number of rotatable bonds is 2. The van der Waals surface area contributed by atoms with Crippen molar-refractivity contribution in [1.29, 1.82) is 5.53 Å². The predicted molar refractivity (Wildman–Crippen MR) is 33.6 cm³/mol. The largest absolute Gasteiger partial charge is 0.377 e. The Morgan fingerprint density at radius 2 is 2.60 bits per heavy atom. The minimum Gasteiger partial charge on any atom is -0.358 e. The van der Waals surface area contributed by atoms with Gasteiger partial charge in [-0.2, -0.15) is 5.53 Å². The van der Waals surface area contributed by atoms with Crippen LogP contribution in [0.4, 0.5) is 10.9 Å². The molecule has 0 unspecified atom stereocenters. The highest BCUT2D eigenvalue weighted by atomic mass is 32.1. The maximum absolute atomic E-state index is 9.98. The van der Waals surface area contributed by atoms with Crippen LogP contribution >= 0.6 is 11.3 Å². The van der Waals surface area contributed by atoms with E-state index in [0.717, 1.165) is 11.3 Å². The smallest absolute Gasteiger partial charge is 0.358 e. The minimum atomic E-state index is -0.620. The van der Waals surface area contributed by atoms with Gasteiger partial charge in [-0.1, -0.05) is 11.3 Å². The summed E-state index contributed by atoms with van der Waals surface area (Å²) in [6, 6.07) is 0. The maximum Gasteiger partial charge on any atom is 0.377 e. The van der Waals surface area contributed by atoms with E-state index < -0.39 is 4.92 Å². The van der Waals surface area contributed by atoms with E-state index in [1.165, 1.54) is 5.38 Å². The molecule has 7 heteroatoms. The number of aromatic nitrogens is 1. The van der Waals surface area contributed by atoms with Crippen LogP contribution in [0.5, 0.6) is 0 Å². The molecule has 6 nitrogen and oxygen atoms in total. The van der Waals surface area contributed by atoms with Crippen molar-refractivity contribution in [2.45, 2.75) is 0 Å². The van der Waals surface area contributed by atoms with Crippen LogP contribution in [0.1, 0.15) is 0 Å². The summed E-state index contributed by atoms with van der Waals surface area (Å²) in [5.41, 5.74) is 6.45. The van der Waals surface area contributed by atoms with Gasteiger partial charge in [-0.25, -0.2) is 0 Å². The van der Waals surface area contributed by atoms with Gasteiger partial charge in [0.05, 0.1) is 5.38 Å². The van der Waals surface area contributed by atoms with Crippen molar-refractivity contribution in [3.05, 3.63) is 15.5 Å². The standard InChI is InChI=1S/C3H2N4O2S/c4-6-3-5-2(1-10-3)7(8)9/h1,4H. The Morgan fingerprint density at radius 3 is 2.90 bits per heavy atom. The molecule has 0 aliphatic rings. The molecule has 0 aromatic carbocycles. The molecule has 1 N–H and O–H groups in total. The van der Waals surface area contributed by atoms with Crippen molar-refractivity contribution in [2.24, 2.45) is 5.11 Å². The average molecular weight is 158 g/mol. The molecule has 1 aromatic heterocycles. The van der Waals surface area contributed by atoms with E-state index in [9.17, 15) is 10.1 Å². The van der Waals surface area contributed by atoms with Crippen LogP contribution in [-0.4, -0.2) is 9.91 Å². The van der Waals surface area contributed by atoms with Crippen molar-refractivity contribution >= 4 is 22.3 Å². The first-order valence-electron chi connectivity index (χ1n) is 2.21. The van der Waals surface area contributed by atoms with E-state index >= 15 is 0 Å². The van der Waals surface area contributed by atoms with Gasteiger partial charge >= 0.3 is 10.9 Å². The van der Waals surface area contributed by atoms with Gasteiger partial charge in [0.2, 0.25) is 0 Å². The van der Waals surface area contributed by atoms with Gasteiger partial charge < -0.3 is 10.1 Å². The van der Waals surface area contributed by atoms with Gasteiger partial charge in [0.1, 0.15) is 0 Å². The quantitative estimate of drug-likeness (QED) is 0.403. The lowest BCUT2D eigenvalue weighted by atomic mass is 10.8. The number of nitro groups is 1. The lowest BCUT2D eigenvalue weighted by Crippen LogP contribution is -1.85. The highest BCUT2D eigenvalue weighted by Gasteiger charge is 2.11.